The van der Waals surface area contributed by atoms with Crippen molar-refractivity contribution in [1.82, 2.24) is 57.7 Å². The van der Waals surface area contributed by atoms with Crippen molar-refractivity contribution in [3.63, 3.8) is 0 Å². The molecule has 3 aromatic rings. The Morgan fingerprint density at radius 2 is 1.24 bits per heavy atom. The Morgan fingerprint density at radius 1 is 0.649 bits per heavy atom. The molecule has 12 amide bonds. The number of H-pyrrole nitrogens is 1. The molecular formula is C73H105N17O19S2. The summed E-state index contributed by atoms with van der Waals surface area (Å²) < 4.78 is 6.31. The van der Waals surface area contributed by atoms with E-state index in [0.29, 0.717) is 65.4 Å². The minimum Gasteiger partial charge on any atom is -0.494 e. The second-order valence-corrected chi connectivity index (χ2v) is 31.1. The molecule has 19 N–H and O–H groups in total. The van der Waals surface area contributed by atoms with E-state index in [9.17, 15) is 53.1 Å². The summed E-state index contributed by atoms with van der Waals surface area (Å²) in [5, 5.41) is 38.2. The number of hydrogen-bond acceptors (Lipinski definition) is 22. The number of aliphatic imine (C=N–C) groups is 1. The van der Waals surface area contributed by atoms with Crippen LogP contribution in [0.4, 0.5) is 0 Å². The second-order valence-electron chi connectivity index (χ2n) is 29.1. The van der Waals surface area contributed by atoms with Gasteiger partial charge in [0.25, 0.3) is 5.91 Å². The number of oxime groups is 1. The lowest BCUT2D eigenvalue weighted by molar-refractivity contribution is -0.255. The number of benzene rings is 2. The van der Waals surface area contributed by atoms with Crippen LogP contribution in [-0.2, 0) is 99.7 Å². The van der Waals surface area contributed by atoms with Gasteiger partial charge in [-0.2, -0.15) is 28.4 Å². The van der Waals surface area contributed by atoms with Crippen molar-refractivity contribution in [1.29, 1.82) is 0 Å². The molecule has 10 atom stereocenters. The van der Waals surface area contributed by atoms with Gasteiger partial charge in [-0.05, 0) is 123 Å². The van der Waals surface area contributed by atoms with E-state index in [4.69, 9.17) is 37.4 Å². The molecule has 38 heteroatoms. The Kier molecular flexibility index (Phi) is 34.9. The molecule has 1 saturated carbocycles. The number of carboxylic acids is 1. The van der Waals surface area contributed by atoms with Gasteiger partial charge in [0, 0.05) is 72.5 Å². The number of rotatable bonds is 19. The van der Waals surface area contributed by atoms with Crippen molar-refractivity contribution in [2.24, 2.45) is 44.4 Å². The Labute approximate surface area is 650 Å². The average Bonchev–Trinajstić information content (AvgIpc) is 1.75. The predicted molar refractivity (Wildman–Crippen MR) is 409 cm³/mol. The summed E-state index contributed by atoms with van der Waals surface area (Å²) in [5.41, 5.74) is 24.4. The minimum absolute atomic E-state index is 0.0181. The number of aliphatic carboxylic acids is 1. The highest BCUT2D eigenvalue weighted by Gasteiger charge is 2.42. The maximum atomic E-state index is 15.4. The van der Waals surface area contributed by atoms with Crippen LogP contribution in [0.2, 0.25) is 0 Å². The fraction of sp³-hybridized carbons (Fsp3) is 0.589. The molecule has 7 rings (SSSR count). The smallest absolute Gasteiger partial charge is 0.344 e. The van der Waals surface area contributed by atoms with E-state index in [1.807, 2.05) is 6.07 Å². The maximum Gasteiger partial charge on any atom is 0.344 e. The van der Waals surface area contributed by atoms with Gasteiger partial charge < -0.3 is 95.4 Å². The molecular weight excluding hydrogens is 1480 g/mol. The summed E-state index contributed by atoms with van der Waals surface area (Å²) in [6.07, 6.45) is 4.21. The van der Waals surface area contributed by atoms with Crippen LogP contribution in [0.25, 0.3) is 10.9 Å². The fourth-order valence-corrected chi connectivity index (χ4v) is 15.0. The maximum absolute atomic E-state index is 15.4. The number of amides is 12. The largest absolute Gasteiger partial charge is 0.494 e. The van der Waals surface area contributed by atoms with Crippen molar-refractivity contribution in [3.05, 3.63) is 65.4 Å². The van der Waals surface area contributed by atoms with E-state index in [0.717, 1.165) is 32.6 Å². The summed E-state index contributed by atoms with van der Waals surface area (Å²) in [7, 11) is 1.03. The lowest BCUT2D eigenvalue weighted by atomic mass is 9.80. The number of para-hydroxylation sites is 1. The van der Waals surface area contributed by atoms with Crippen LogP contribution in [-0.4, -0.2) is 215 Å². The third kappa shape index (κ3) is 29.5. The zero-order valence-corrected chi connectivity index (χ0v) is 64.5. The van der Waals surface area contributed by atoms with Crippen LogP contribution >= 0.6 is 23.5 Å². The van der Waals surface area contributed by atoms with E-state index in [1.54, 1.807) is 63.4 Å². The molecule has 1 saturated heterocycles. The molecule has 36 nitrogen and oxygen atoms in total. The Balaban J connectivity index is 1.32. The number of nitrogens with one attached hydrogen (secondary N) is 10. The molecule has 3 aliphatic heterocycles. The normalized spacial score (nSPS) is 24.6. The highest BCUT2D eigenvalue weighted by molar-refractivity contribution is 7.98. The average molecular weight is 1590 g/mol. The van der Waals surface area contributed by atoms with Crippen molar-refractivity contribution in [3.8, 4) is 5.75 Å². The Hall–Kier alpha value is -10.2. The number of fused-ring (bicyclic) bond motifs is 7. The van der Waals surface area contributed by atoms with E-state index in [2.05, 4.69) is 67.9 Å². The zero-order valence-electron chi connectivity index (χ0n) is 62.9. The SMILES string of the molecule is COOC(=O)C[C@@H]1NC(=O)[C@H](CC2CCC2)NC(=O)[C@@H]2CCCN2C(=O)[C@@H]2CSCc3cc(cc(c3)OCCCCCCO/N=C/C(=O)N[C@@H](CCCN=C(N)N)C(=O)N2)CSC[C@@H](C(N)=O)NC(=O)[C@H](CCC(=O)O)NC(=O)[C@H](CCC(N)=O)NC(=O)[C@H](Cc2c[nH]c3ccccc23)NC(=O)[C@H](CC(C)(C)C)NC1=O. The van der Waals surface area contributed by atoms with Crippen LogP contribution in [0.5, 0.6) is 5.75 Å². The van der Waals surface area contributed by atoms with Crippen LogP contribution in [0.3, 0.4) is 0 Å². The van der Waals surface area contributed by atoms with Gasteiger partial charge in [-0.1, -0.05) is 69.5 Å². The third-order valence-corrected chi connectivity index (χ3v) is 21.1. The van der Waals surface area contributed by atoms with Gasteiger partial charge >= 0.3 is 11.9 Å². The molecule has 4 bridgehead atoms. The quantitative estimate of drug-likeness (QED) is 0.0247. The molecule has 4 aliphatic rings. The number of hydrogen-bond donors (Lipinski definition) is 15. The number of thioether (sulfide) groups is 2. The molecule has 1 aliphatic carbocycles. The highest BCUT2D eigenvalue weighted by atomic mass is 32.2. The predicted octanol–water partition coefficient (Wildman–Crippen LogP) is -0.00970. The van der Waals surface area contributed by atoms with Crippen molar-refractivity contribution in [2.45, 2.75) is 215 Å². The number of carbonyl (C=O) groups excluding carboxylic acids is 13. The Morgan fingerprint density at radius 3 is 1.90 bits per heavy atom. The topological polar surface area (TPSA) is 552 Å². The number of primary amides is 2. The first-order valence-electron chi connectivity index (χ1n) is 37.2. The molecule has 0 unspecified atom stereocenters. The first-order valence-corrected chi connectivity index (χ1v) is 39.5. The van der Waals surface area contributed by atoms with Gasteiger partial charge in [0.2, 0.25) is 65.0 Å². The molecule has 0 radical (unpaired) electrons. The molecule has 2 fully saturated rings. The molecule has 1 aromatic heterocycles. The number of aromatic amines is 1. The minimum atomic E-state index is -1.86. The number of nitrogens with two attached hydrogens (primary N) is 4. The van der Waals surface area contributed by atoms with Crippen LogP contribution in [0.15, 0.2) is 58.8 Å². The first kappa shape index (κ1) is 88.0. The van der Waals surface area contributed by atoms with E-state index < -0.39 is 181 Å². The van der Waals surface area contributed by atoms with Crippen LogP contribution in [0, 0.1) is 11.3 Å². The number of nitrogens with zero attached hydrogens (tertiary/aromatic N) is 3. The summed E-state index contributed by atoms with van der Waals surface area (Å²) in [6, 6.07) is -2.87. The molecule has 608 valence electrons. The summed E-state index contributed by atoms with van der Waals surface area (Å²) in [6.45, 7) is 5.75. The molecule has 4 heterocycles. The van der Waals surface area contributed by atoms with Crippen LogP contribution in [0.1, 0.15) is 153 Å². The van der Waals surface area contributed by atoms with Gasteiger partial charge in [-0.3, -0.25) is 72.2 Å². The monoisotopic (exact) mass is 1590 g/mol. The fourth-order valence-electron chi connectivity index (χ4n) is 13.0. The standard InChI is InChI=1S/C73H105N17O19S2/c1-73(2,3)34-54-69(103)84-52(32-44-35-79-47-17-8-7-16-46(44)47)67(101)83-49(20-22-58(74)91)64(98)82-50(21-23-60(93)94)65(99)88-55(62(75)96)39-110-37-42-28-43-30-45(29-42)107-26-9-5-6-10-27-108-80-36-59(92)81-48(18-12-24-78-72(76)77)63(97)89-56(40-111-38-43)71(105)90-25-13-19-57(90)70(104)86-51(31-41-14-11-15-41)66(100)85-53(68(102)87-54)33-61(95)109-106-4/h7-8,16-17,28-30,35-36,41,48-57,79H,5-6,9-15,18-27,31-34,37-40H2,1-4H3,(H2,74,91)(H2,75,96)(H,81,92)(H,82,98)(H,83,101)(H,84,103)(H,85,100)(H,86,104)(H,87,102)(H,88,99)(H,89,97)(H,93,94)(H4,76,77,78)/b80-36+/t48-,49-,50-,51-,52-,53-,54-,55-,56-,57-/m0/s1. The lowest BCUT2D eigenvalue weighted by Crippen LogP contribution is -2.61. The number of carboxylic acid groups (broad SMARTS) is 1. The number of ether oxygens (including phenoxy) is 1. The zero-order chi connectivity index (χ0) is 80.7. The first-order chi connectivity index (χ1) is 52.9. The number of carbonyl (C=O) groups is 14. The summed E-state index contributed by atoms with van der Waals surface area (Å²) in [4.78, 5) is 222. The second kappa shape index (κ2) is 44.0. The lowest BCUT2D eigenvalue weighted by Gasteiger charge is -2.33. The van der Waals surface area contributed by atoms with Gasteiger partial charge in [0.05, 0.1) is 20.1 Å². The summed E-state index contributed by atoms with van der Waals surface area (Å²) in [5.74, 6) is -13.5. The van der Waals surface area contributed by atoms with Gasteiger partial charge in [-0.15, -0.1) is 0 Å². The molecule has 0 spiro atoms. The Bertz CT molecular complexity index is 3850. The third-order valence-electron chi connectivity index (χ3n) is 18.8. The van der Waals surface area contributed by atoms with Crippen molar-refractivity contribution >= 4 is 129 Å². The van der Waals surface area contributed by atoms with Gasteiger partial charge in [0.15, 0.2) is 5.96 Å². The van der Waals surface area contributed by atoms with E-state index in [-0.39, 0.29) is 99.7 Å². The van der Waals surface area contributed by atoms with E-state index in [1.165, 1.54) is 28.4 Å². The van der Waals surface area contributed by atoms with Crippen molar-refractivity contribution < 1.29 is 91.6 Å². The number of guanidine groups is 1. The van der Waals surface area contributed by atoms with Crippen LogP contribution < -0.4 is 75.5 Å². The van der Waals surface area contributed by atoms with Crippen molar-refractivity contribution in [2.75, 3.05) is 44.9 Å². The van der Waals surface area contributed by atoms with Gasteiger partial charge in [0.1, 0.15) is 79.0 Å². The molecule has 2 aromatic carbocycles. The van der Waals surface area contributed by atoms with Gasteiger partial charge in [-0.25, -0.2) is 4.79 Å². The highest BCUT2D eigenvalue weighted by Crippen LogP contribution is 2.32. The number of aromatic nitrogens is 1. The molecule has 111 heavy (non-hydrogen) atoms. The van der Waals surface area contributed by atoms with E-state index >= 15 is 19.2 Å². The summed E-state index contributed by atoms with van der Waals surface area (Å²) >= 11 is 2.40.